The Bertz CT molecular complexity index is 601. The van der Waals surface area contributed by atoms with E-state index in [0.717, 1.165) is 0 Å². The van der Waals surface area contributed by atoms with Crippen LogP contribution in [0.5, 0.6) is 0 Å². The molecule has 1 aromatic rings. The van der Waals surface area contributed by atoms with E-state index < -0.39 is 10.3 Å². The summed E-state index contributed by atoms with van der Waals surface area (Å²) in [4.78, 5) is 0. The van der Waals surface area contributed by atoms with Crippen LogP contribution in [0.1, 0.15) is 79.1 Å². The Hall–Kier alpha value is -0.820. The van der Waals surface area contributed by atoms with E-state index in [0.29, 0.717) is 0 Å². The van der Waals surface area contributed by atoms with Crippen LogP contribution in [0.25, 0.3) is 0 Å². The number of nitrogens with one attached hydrogen (secondary N) is 1. The number of benzene rings is 1. The molecular formula is C22H41ClN2O3S. The third-order valence-corrected chi connectivity index (χ3v) is 5.85. The molecule has 0 atom stereocenters. The van der Waals surface area contributed by atoms with Crippen molar-refractivity contribution in [2.24, 2.45) is 0 Å². The molecule has 0 bridgehead atoms. The predicted molar refractivity (Wildman–Crippen MR) is 124 cm³/mol. The molecule has 0 saturated heterocycles. The fraction of sp³-hybridized carbons (Fsp3) is 0.727. The predicted octanol–water partition coefficient (Wildman–Crippen LogP) is 6.22. The van der Waals surface area contributed by atoms with Crippen molar-refractivity contribution in [3.8, 4) is 0 Å². The van der Waals surface area contributed by atoms with Gasteiger partial charge in [0.1, 0.15) is 0 Å². The average molecular weight is 449 g/mol. The van der Waals surface area contributed by atoms with Gasteiger partial charge in [-0.25, -0.2) is 8.42 Å². The topological polar surface area (TPSA) is 69.2 Å². The molecule has 5 nitrogen and oxygen atoms in total. The summed E-state index contributed by atoms with van der Waals surface area (Å²) in [5.74, 6) is 0. The quantitative estimate of drug-likeness (QED) is 0.271. The highest BCUT2D eigenvalue weighted by Crippen LogP contribution is 2.21. The van der Waals surface area contributed by atoms with Gasteiger partial charge in [-0.15, -0.1) is 0 Å². The number of rotatable bonds is 14. The standard InChI is InChI=1S/C16H36N.C6H6ClNO3S/c1-5-9-13-17(14-10-6-2,15-11-7-3)16-12-8-4;7-5-3-1-2-4-6(5)8-12(9,10)11/h5-16H2,1-4H3;1-4,8H,(H,9,10,11)/q+1;/p-1. The molecule has 0 unspecified atom stereocenters. The van der Waals surface area contributed by atoms with E-state index >= 15 is 0 Å². The second-order valence-corrected chi connectivity index (χ2v) is 9.21. The van der Waals surface area contributed by atoms with Gasteiger partial charge in [0.15, 0.2) is 10.3 Å². The molecule has 0 heterocycles. The number of para-hydroxylation sites is 1. The first-order valence-electron chi connectivity index (χ1n) is 11.1. The minimum absolute atomic E-state index is 0.0918. The third-order valence-electron chi connectivity index (χ3n) is 5.05. The molecule has 1 aromatic carbocycles. The zero-order valence-corrected chi connectivity index (χ0v) is 20.3. The van der Waals surface area contributed by atoms with Gasteiger partial charge in [0.2, 0.25) is 0 Å². The van der Waals surface area contributed by atoms with Crippen LogP contribution in [-0.2, 0) is 10.3 Å². The molecular weight excluding hydrogens is 408 g/mol. The Kier molecular flexibility index (Phi) is 15.5. The fourth-order valence-electron chi connectivity index (χ4n) is 3.32. The lowest BCUT2D eigenvalue weighted by Crippen LogP contribution is -2.50. The molecule has 29 heavy (non-hydrogen) atoms. The zero-order chi connectivity index (χ0) is 22.2. The van der Waals surface area contributed by atoms with E-state index in [1.165, 1.54) is 94.2 Å². The monoisotopic (exact) mass is 448 g/mol. The number of nitrogens with zero attached hydrogens (tertiary/aromatic N) is 1. The summed E-state index contributed by atoms with van der Waals surface area (Å²) in [5, 5.41) is 0.192. The Balaban J connectivity index is 0.000000571. The normalized spacial score (nSPS) is 11.7. The van der Waals surface area contributed by atoms with E-state index in [2.05, 4.69) is 27.7 Å². The molecule has 170 valence electrons. The van der Waals surface area contributed by atoms with Crippen molar-refractivity contribution in [3.05, 3.63) is 29.3 Å². The maximum atomic E-state index is 10.2. The first-order chi connectivity index (χ1) is 13.7. The van der Waals surface area contributed by atoms with E-state index in [4.69, 9.17) is 11.6 Å². The highest BCUT2D eigenvalue weighted by molar-refractivity contribution is 7.87. The summed E-state index contributed by atoms with van der Waals surface area (Å²) in [7, 11) is -4.48. The lowest BCUT2D eigenvalue weighted by atomic mass is 10.1. The van der Waals surface area contributed by atoms with E-state index in [1.54, 1.807) is 16.9 Å². The molecule has 0 spiro atoms. The number of hydrogen-bond acceptors (Lipinski definition) is 3. The Morgan fingerprint density at radius 1 is 0.828 bits per heavy atom. The van der Waals surface area contributed by atoms with Crippen molar-refractivity contribution in [1.82, 2.24) is 0 Å². The minimum Gasteiger partial charge on any atom is -0.731 e. The van der Waals surface area contributed by atoms with Gasteiger partial charge in [-0.1, -0.05) is 77.1 Å². The highest BCUT2D eigenvalue weighted by Gasteiger charge is 2.24. The number of unbranched alkanes of at least 4 members (excludes halogenated alkanes) is 4. The highest BCUT2D eigenvalue weighted by atomic mass is 35.5. The third kappa shape index (κ3) is 13.9. The first-order valence-corrected chi connectivity index (χ1v) is 12.9. The molecule has 0 fully saturated rings. The number of halogens is 1. The molecule has 0 aliphatic rings. The number of quaternary nitrogens is 1. The van der Waals surface area contributed by atoms with Gasteiger partial charge in [-0.2, -0.15) is 0 Å². The molecule has 0 radical (unpaired) electrons. The summed E-state index contributed by atoms with van der Waals surface area (Å²) >= 11 is 5.56. The van der Waals surface area contributed by atoms with Crippen LogP contribution in [0, 0.1) is 0 Å². The van der Waals surface area contributed by atoms with Crippen LogP contribution in [0.3, 0.4) is 0 Å². The summed E-state index contributed by atoms with van der Waals surface area (Å²) in [5.41, 5.74) is 0.0918. The maximum Gasteiger partial charge on any atom is 0.181 e. The Labute approximate surface area is 184 Å². The van der Waals surface area contributed by atoms with Crippen LogP contribution < -0.4 is 4.72 Å². The van der Waals surface area contributed by atoms with Crippen molar-refractivity contribution in [2.45, 2.75) is 79.1 Å². The van der Waals surface area contributed by atoms with Gasteiger partial charge in [0.05, 0.1) is 36.9 Å². The Morgan fingerprint density at radius 3 is 1.52 bits per heavy atom. The molecule has 0 amide bonds. The van der Waals surface area contributed by atoms with E-state index in [9.17, 15) is 13.0 Å². The smallest absolute Gasteiger partial charge is 0.181 e. The molecule has 7 heteroatoms. The van der Waals surface area contributed by atoms with Crippen LogP contribution in [-0.4, -0.2) is 43.6 Å². The Morgan fingerprint density at radius 2 is 1.21 bits per heavy atom. The second kappa shape index (κ2) is 15.9. The second-order valence-electron chi connectivity index (χ2n) is 7.69. The van der Waals surface area contributed by atoms with Crippen LogP contribution in [0.15, 0.2) is 24.3 Å². The summed E-state index contributed by atoms with van der Waals surface area (Å²) < 4.78 is 33.8. The van der Waals surface area contributed by atoms with Gasteiger partial charge < -0.3 is 9.04 Å². The summed E-state index contributed by atoms with van der Waals surface area (Å²) in [6, 6.07) is 6.08. The van der Waals surface area contributed by atoms with Crippen molar-refractivity contribution in [1.29, 1.82) is 0 Å². The molecule has 0 aromatic heterocycles. The lowest BCUT2D eigenvalue weighted by molar-refractivity contribution is -0.929. The van der Waals surface area contributed by atoms with Gasteiger partial charge in [-0.05, 0) is 37.8 Å². The first kappa shape index (κ1) is 28.2. The summed E-state index contributed by atoms with van der Waals surface area (Å²) in [6.45, 7) is 15.0. The van der Waals surface area contributed by atoms with Crippen LogP contribution in [0.4, 0.5) is 5.69 Å². The minimum atomic E-state index is -4.48. The summed E-state index contributed by atoms with van der Waals surface area (Å²) in [6.07, 6.45) is 11.1. The van der Waals surface area contributed by atoms with Crippen molar-refractivity contribution >= 4 is 27.6 Å². The average Bonchev–Trinajstić information content (AvgIpc) is 2.68. The van der Waals surface area contributed by atoms with E-state index in [1.807, 2.05) is 0 Å². The van der Waals surface area contributed by atoms with Gasteiger partial charge >= 0.3 is 0 Å². The van der Waals surface area contributed by atoms with Gasteiger partial charge in [0, 0.05) is 0 Å². The van der Waals surface area contributed by atoms with Gasteiger partial charge in [-0.3, -0.25) is 4.72 Å². The fourth-order valence-corrected chi connectivity index (χ4v) is 4.01. The molecule has 1 N–H and O–H groups in total. The molecule has 1 rings (SSSR count). The van der Waals surface area contributed by atoms with Crippen LogP contribution >= 0.6 is 11.6 Å². The van der Waals surface area contributed by atoms with Crippen molar-refractivity contribution in [3.63, 3.8) is 0 Å². The molecule has 0 aliphatic carbocycles. The van der Waals surface area contributed by atoms with E-state index in [-0.39, 0.29) is 10.7 Å². The molecule has 0 saturated carbocycles. The van der Waals surface area contributed by atoms with Crippen molar-refractivity contribution < 1.29 is 17.5 Å². The molecule has 0 aliphatic heterocycles. The number of anilines is 1. The SMILES string of the molecule is CCCC[N+](CCCC)(CCCC)CCCC.O=S(=O)([O-])Nc1ccccc1Cl. The van der Waals surface area contributed by atoms with Crippen molar-refractivity contribution in [2.75, 3.05) is 30.9 Å². The van der Waals surface area contributed by atoms with Crippen LogP contribution in [0.2, 0.25) is 5.02 Å². The zero-order valence-electron chi connectivity index (χ0n) is 18.8. The van der Waals surface area contributed by atoms with Gasteiger partial charge in [0.25, 0.3) is 0 Å². The largest absolute Gasteiger partial charge is 0.731 e. The number of hydrogen-bond donors (Lipinski definition) is 1. The lowest BCUT2D eigenvalue weighted by Gasteiger charge is -2.39. The maximum absolute atomic E-state index is 10.2.